The second-order valence-electron chi connectivity index (χ2n) is 3.15. The van der Waals surface area contributed by atoms with Gasteiger partial charge in [-0.1, -0.05) is 47.8 Å². The van der Waals surface area contributed by atoms with Crippen molar-refractivity contribution in [2.24, 2.45) is 0 Å². The zero-order chi connectivity index (χ0) is 9.07. The summed E-state index contributed by atoms with van der Waals surface area (Å²) >= 11 is 3.43. The maximum atomic E-state index is 3.43. The maximum absolute atomic E-state index is 3.43. The average Bonchev–Trinajstić information content (AvgIpc) is 2.10. The first-order valence-electron chi connectivity index (χ1n) is 5.12. The molecule has 0 aromatic carbocycles. The Balaban J connectivity index is 2.93. The number of halogens is 1. The highest BCUT2D eigenvalue weighted by Crippen LogP contribution is 2.03. The molecule has 0 N–H and O–H groups in total. The largest absolute Gasteiger partial charge is 0.0928 e. The molecule has 0 aliphatic heterocycles. The topological polar surface area (TPSA) is 0 Å². The molecule has 0 rings (SSSR count). The van der Waals surface area contributed by atoms with Crippen LogP contribution < -0.4 is 0 Å². The van der Waals surface area contributed by atoms with E-state index >= 15 is 0 Å². The summed E-state index contributed by atoms with van der Waals surface area (Å²) in [5.74, 6) is 0. The lowest BCUT2D eigenvalue weighted by molar-refractivity contribution is 0.726. The summed E-state index contributed by atoms with van der Waals surface area (Å²) in [6.07, 6.45) is 13.9. The van der Waals surface area contributed by atoms with Crippen molar-refractivity contribution < 1.29 is 0 Å². The van der Waals surface area contributed by atoms with E-state index in [4.69, 9.17) is 0 Å². The van der Waals surface area contributed by atoms with Crippen molar-refractivity contribution >= 4 is 15.9 Å². The Bertz CT molecular complexity index is 85.2. The van der Waals surface area contributed by atoms with E-state index in [1.807, 2.05) is 0 Å². The summed E-state index contributed by atoms with van der Waals surface area (Å²) in [7, 11) is 0. The molecule has 0 radical (unpaired) electrons. The molecule has 12 heavy (non-hydrogen) atoms. The summed E-state index contributed by atoms with van der Waals surface area (Å²) < 4.78 is 0. The van der Waals surface area contributed by atoms with Crippen LogP contribution in [0.25, 0.3) is 0 Å². The highest BCUT2D eigenvalue weighted by atomic mass is 79.9. The van der Waals surface area contributed by atoms with E-state index in [9.17, 15) is 0 Å². The monoisotopic (exact) mass is 232 g/mol. The van der Waals surface area contributed by atoms with Crippen LogP contribution in [-0.4, -0.2) is 5.33 Å². The molecule has 0 saturated heterocycles. The molecule has 1 heteroatoms. The second-order valence-corrected chi connectivity index (χ2v) is 3.94. The van der Waals surface area contributed by atoms with Crippen LogP contribution >= 0.6 is 15.9 Å². The molecule has 0 bridgehead atoms. The fourth-order valence-corrected chi connectivity index (χ4v) is 1.50. The smallest absolute Gasteiger partial charge is 0.00314 e. The highest BCUT2D eigenvalue weighted by Gasteiger charge is 1.83. The lowest BCUT2D eigenvalue weighted by Gasteiger charge is -1.92. The van der Waals surface area contributed by atoms with Crippen LogP contribution in [0.4, 0.5) is 0 Å². The van der Waals surface area contributed by atoms with Gasteiger partial charge < -0.3 is 0 Å². The van der Waals surface area contributed by atoms with Gasteiger partial charge >= 0.3 is 0 Å². The number of unbranched alkanes of at least 4 members (excludes halogenated alkanes) is 5. The Labute approximate surface area is 85.6 Å². The summed E-state index contributed by atoms with van der Waals surface area (Å²) in [5, 5.41) is 1.15. The predicted molar refractivity (Wildman–Crippen MR) is 60.9 cm³/mol. The van der Waals surface area contributed by atoms with Gasteiger partial charge in [0.25, 0.3) is 0 Å². The van der Waals surface area contributed by atoms with Crippen molar-refractivity contribution in [3.63, 3.8) is 0 Å². The molecule has 72 valence electrons. The molecule has 0 nitrogen and oxygen atoms in total. The lowest BCUT2D eigenvalue weighted by atomic mass is 10.2. The second kappa shape index (κ2) is 11.2. The first kappa shape index (κ1) is 12.2. The molecule has 0 atom stereocenters. The van der Waals surface area contributed by atoms with Gasteiger partial charge in [-0.2, -0.15) is 0 Å². The minimum absolute atomic E-state index is 1.15. The third kappa shape index (κ3) is 10.2. The van der Waals surface area contributed by atoms with E-state index in [0.717, 1.165) is 5.33 Å². The lowest BCUT2D eigenvalue weighted by Crippen LogP contribution is -1.74. The number of allylic oxidation sites excluding steroid dienone is 2. The summed E-state index contributed by atoms with van der Waals surface area (Å²) in [5.41, 5.74) is 0. The Morgan fingerprint density at radius 3 is 2.00 bits per heavy atom. The molecular weight excluding hydrogens is 212 g/mol. The van der Waals surface area contributed by atoms with Gasteiger partial charge in [-0.25, -0.2) is 0 Å². The van der Waals surface area contributed by atoms with Crippen molar-refractivity contribution in [1.29, 1.82) is 0 Å². The third-order valence-corrected chi connectivity index (χ3v) is 2.46. The van der Waals surface area contributed by atoms with E-state index in [-0.39, 0.29) is 0 Å². The van der Waals surface area contributed by atoms with Gasteiger partial charge in [-0.3, -0.25) is 0 Å². The van der Waals surface area contributed by atoms with Crippen LogP contribution in [0.5, 0.6) is 0 Å². The van der Waals surface area contributed by atoms with Crippen LogP contribution in [0.3, 0.4) is 0 Å². The molecule has 0 unspecified atom stereocenters. The van der Waals surface area contributed by atoms with Gasteiger partial charge in [0, 0.05) is 5.33 Å². The number of hydrogen-bond acceptors (Lipinski definition) is 0. The van der Waals surface area contributed by atoms with Gasteiger partial charge in [-0.15, -0.1) is 0 Å². The van der Waals surface area contributed by atoms with E-state index in [1.165, 1.54) is 44.9 Å². The molecule has 0 aliphatic rings. The van der Waals surface area contributed by atoms with Gasteiger partial charge in [0.2, 0.25) is 0 Å². The van der Waals surface area contributed by atoms with Crippen LogP contribution in [0, 0.1) is 0 Å². The Hall–Kier alpha value is 0.220. The first-order chi connectivity index (χ1) is 5.91. The first-order valence-corrected chi connectivity index (χ1v) is 6.25. The zero-order valence-electron chi connectivity index (χ0n) is 8.19. The summed E-state index contributed by atoms with van der Waals surface area (Å²) in [4.78, 5) is 0. The Morgan fingerprint density at radius 2 is 1.50 bits per heavy atom. The fraction of sp³-hybridized carbons (Fsp3) is 0.818. The number of rotatable bonds is 8. The van der Waals surface area contributed by atoms with E-state index in [1.54, 1.807) is 0 Å². The molecule has 0 fully saturated rings. The minimum Gasteiger partial charge on any atom is -0.0928 e. The Kier molecular flexibility index (Phi) is 11.4. The van der Waals surface area contributed by atoms with Gasteiger partial charge in [0.15, 0.2) is 0 Å². The van der Waals surface area contributed by atoms with Crippen LogP contribution in [-0.2, 0) is 0 Å². The third-order valence-electron chi connectivity index (χ3n) is 1.90. The van der Waals surface area contributed by atoms with Gasteiger partial charge in [0.05, 0.1) is 0 Å². The summed E-state index contributed by atoms with van der Waals surface area (Å²) in [6.45, 7) is 2.25. The molecular formula is C11H21Br. The average molecular weight is 233 g/mol. The molecule has 0 aromatic heterocycles. The van der Waals surface area contributed by atoms with Crippen molar-refractivity contribution in [2.45, 2.75) is 51.9 Å². The van der Waals surface area contributed by atoms with Crippen molar-refractivity contribution in [1.82, 2.24) is 0 Å². The van der Waals surface area contributed by atoms with E-state index in [2.05, 4.69) is 35.0 Å². The molecule has 0 amide bonds. The quantitative estimate of drug-likeness (QED) is 0.324. The van der Waals surface area contributed by atoms with Crippen LogP contribution in [0.15, 0.2) is 12.2 Å². The minimum atomic E-state index is 1.15. The van der Waals surface area contributed by atoms with Gasteiger partial charge in [-0.05, 0) is 32.1 Å². The molecule has 0 spiro atoms. The molecule has 0 heterocycles. The maximum Gasteiger partial charge on any atom is 0.00314 e. The Morgan fingerprint density at radius 1 is 0.917 bits per heavy atom. The highest BCUT2D eigenvalue weighted by molar-refractivity contribution is 9.09. The molecule has 0 aliphatic carbocycles. The predicted octanol–water partition coefficient (Wildman–Crippen LogP) is 4.69. The molecule has 0 aromatic rings. The fourth-order valence-electron chi connectivity index (χ4n) is 1.10. The zero-order valence-corrected chi connectivity index (χ0v) is 9.78. The number of hydrogen-bond donors (Lipinski definition) is 0. The van der Waals surface area contributed by atoms with Crippen molar-refractivity contribution in [3.05, 3.63) is 12.2 Å². The van der Waals surface area contributed by atoms with E-state index in [0.29, 0.717) is 0 Å². The standard InChI is InChI=1S/C11H21Br/c1-2-3-4-5-6-7-8-9-10-11-12/h6-7H,2-5,8-11H2,1H3/b7-6-. The van der Waals surface area contributed by atoms with Crippen LogP contribution in [0.2, 0.25) is 0 Å². The molecule has 0 saturated carbocycles. The van der Waals surface area contributed by atoms with Crippen LogP contribution in [0.1, 0.15) is 51.9 Å². The normalized spacial score (nSPS) is 11.2. The van der Waals surface area contributed by atoms with Gasteiger partial charge in [0.1, 0.15) is 0 Å². The van der Waals surface area contributed by atoms with Crippen molar-refractivity contribution in [3.8, 4) is 0 Å². The SMILES string of the molecule is CCCCC/C=C\CCCCBr. The van der Waals surface area contributed by atoms with Crippen molar-refractivity contribution in [2.75, 3.05) is 5.33 Å². The van der Waals surface area contributed by atoms with E-state index < -0.39 is 0 Å². The number of alkyl halides is 1. The summed E-state index contributed by atoms with van der Waals surface area (Å²) in [6, 6.07) is 0.